The first kappa shape index (κ1) is 12.2. The van der Waals surface area contributed by atoms with Crippen molar-refractivity contribution < 1.29 is 0 Å². The summed E-state index contributed by atoms with van der Waals surface area (Å²) in [5.41, 5.74) is 1.90. The molecule has 5 heteroatoms. The van der Waals surface area contributed by atoms with Crippen LogP contribution in [0.3, 0.4) is 0 Å². The monoisotopic (exact) mass is 282 g/mol. The molecule has 17 heavy (non-hydrogen) atoms. The SMILES string of the molecule is N#Cc1ccncc1-c1cc(Cl)c(Cl)c(Cl)c1. The standard InChI is InChI=1S/C12H5Cl3N2/c13-10-3-8(4-11(14)12(10)15)9-6-17-2-1-7(9)5-16/h1-4,6H. The quantitative estimate of drug-likeness (QED) is 0.718. The first-order valence-corrected chi connectivity index (χ1v) is 5.76. The molecule has 84 valence electrons. The van der Waals surface area contributed by atoms with Crippen LogP contribution < -0.4 is 0 Å². The van der Waals surface area contributed by atoms with E-state index in [1.807, 2.05) is 0 Å². The van der Waals surface area contributed by atoms with Gasteiger partial charge in [-0.15, -0.1) is 0 Å². The zero-order valence-corrected chi connectivity index (χ0v) is 10.7. The second kappa shape index (κ2) is 4.93. The molecule has 0 saturated heterocycles. The molecular formula is C12H5Cl3N2. The molecule has 2 nitrogen and oxygen atoms in total. The summed E-state index contributed by atoms with van der Waals surface area (Å²) in [6.45, 7) is 0. The molecule has 2 rings (SSSR count). The van der Waals surface area contributed by atoms with E-state index in [0.717, 1.165) is 0 Å². The van der Waals surface area contributed by atoms with Crippen LogP contribution in [0.25, 0.3) is 11.1 Å². The average molecular weight is 284 g/mol. The summed E-state index contributed by atoms with van der Waals surface area (Å²) in [4.78, 5) is 3.98. The number of nitriles is 1. The van der Waals surface area contributed by atoms with Gasteiger partial charge in [0.25, 0.3) is 0 Å². The zero-order chi connectivity index (χ0) is 12.4. The van der Waals surface area contributed by atoms with Crippen molar-refractivity contribution in [3.63, 3.8) is 0 Å². The number of rotatable bonds is 1. The number of hydrogen-bond donors (Lipinski definition) is 0. The zero-order valence-electron chi connectivity index (χ0n) is 8.42. The molecule has 0 aliphatic carbocycles. The van der Waals surface area contributed by atoms with Gasteiger partial charge in [-0.25, -0.2) is 0 Å². The third-order valence-corrected chi connectivity index (χ3v) is 3.43. The maximum Gasteiger partial charge on any atom is 0.0999 e. The maximum absolute atomic E-state index is 9.00. The van der Waals surface area contributed by atoms with Crippen molar-refractivity contribution in [3.05, 3.63) is 51.2 Å². The van der Waals surface area contributed by atoms with E-state index in [-0.39, 0.29) is 0 Å². The van der Waals surface area contributed by atoms with Crippen LogP contribution in [0.5, 0.6) is 0 Å². The highest BCUT2D eigenvalue weighted by Gasteiger charge is 2.10. The van der Waals surface area contributed by atoms with Crippen molar-refractivity contribution in [2.24, 2.45) is 0 Å². The lowest BCUT2D eigenvalue weighted by Crippen LogP contribution is -1.86. The summed E-state index contributed by atoms with van der Waals surface area (Å²) in [5.74, 6) is 0. The highest BCUT2D eigenvalue weighted by Crippen LogP contribution is 2.35. The van der Waals surface area contributed by atoms with E-state index in [9.17, 15) is 0 Å². The van der Waals surface area contributed by atoms with Crippen LogP contribution >= 0.6 is 34.8 Å². The highest BCUT2D eigenvalue weighted by molar-refractivity contribution is 6.48. The van der Waals surface area contributed by atoms with Crippen LogP contribution in [0.4, 0.5) is 0 Å². The van der Waals surface area contributed by atoms with E-state index in [4.69, 9.17) is 40.1 Å². The Morgan fingerprint density at radius 2 is 1.76 bits per heavy atom. The van der Waals surface area contributed by atoms with E-state index in [2.05, 4.69) is 11.1 Å². The molecule has 1 aromatic heterocycles. The van der Waals surface area contributed by atoms with Crippen molar-refractivity contribution in [2.75, 3.05) is 0 Å². The Kier molecular flexibility index (Phi) is 3.54. The number of pyridine rings is 1. The molecule has 0 aliphatic rings. The molecule has 0 spiro atoms. The van der Waals surface area contributed by atoms with Gasteiger partial charge in [-0.05, 0) is 23.8 Å². The molecule has 0 radical (unpaired) electrons. The number of nitrogens with zero attached hydrogens (tertiary/aromatic N) is 2. The van der Waals surface area contributed by atoms with Gasteiger partial charge >= 0.3 is 0 Å². The Morgan fingerprint density at radius 3 is 2.35 bits per heavy atom. The van der Waals surface area contributed by atoms with Gasteiger partial charge < -0.3 is 0 Å². The molecule has 1 aromatic carbocycles. The van der Waals surface area contributed by atoms with Crippen molar-refractivity contribution in [1.82, 2.24) is 4.98 Å². The number of hydrogen-bond acceptors (Lipinski definition) is 2. The molecule has 0 bridgehead atoms. The molecule has 0 N–H and O–H groups in total. The predicted octanol–water partition coefficient (Wildman–Crippen LogP) is 4.58. The smallest absolute Gasteiger partial charge is 0.0999 e. The summed E-state index contributed by atoms with van der Waals surface area (Å²) in [6.07, 6.45) is 3.15. The van der Waals surface area contributed by atoms with E-state index >= 15 is 0 Å². The molecule has 0 aliphatic heterocycles. The Bertz CT molecular complexity index is 594. The van der Waals surface area contributed by atoms with Crippen molar-refractivity contribution in [1.29, 1.82) is 5.26 Å². The molecule has 0 fully saturated rings. The van der Waals surface area contributed by atoms with Gasteiger partial charge in [0.05, 0.1) is 26.7 Å². The van der Waals surface area contributed by atoms with Crippen LogP contribution in [-0.2, 0) is 0 Å². The fourth-order valence-electron chi connectivity index (χ4n) is 1.43. The first-order chi connectivity index (χ1) is 8.13. The molecule has 0 amide bonds. The summed E-state index contributed by atoms with van der Waals surface area (Å²) in [7, 11) is 0. The second-order valence-corrected chi connectivity index (χ2v) is 4.48. The molecular weight excluding hydrogens is 279 g/mol. The van der Waals surface area contributed by atoms with Gasteiger partial charge in [-0.1, -0.05) is 34.8 Å². The third-order valence-electron chi connectivity index (χ3n) is 2.24. The van der Waals surface area contributed by atoms with Gasteiger partial charge in [0.1, 0.15) is 0 Å². The van der Waals surface area contributed by atoms with Crippen LogP contribution in [0, 0.1) is 11.3 Å². The first-order valence-electron chi connectivity index (χ1n) is 4.62. The highest BCUT2D eigenvalue weighted by atomic mass is 35.5. The summed E-state index contributed by atoms with van der Waals surface area (Å²) in [5, 5.41) is 10.0. The fraction of sp³-hybridized carbons (Fsp3) is 0. The molecule has 1 heterocycles. The lowest BCUT2D eigenvalue weighted by Gasteiger charge is -2.06. The summed E-state index contributed by atoms with van der Waals surface area (Å²) in [6, 6.07) is 7.04. The lowest BCUT2D eigenvalue weighted by atomic mass is 10.0. The molecule has 2 aromatic rings. The number of aromatic nitrogens is 1. The van der Waals surface area contributed by atoms with E-state index < -0.39 is 0 Å². The fourth-order valence-corrected chi connectivity index (χ4v) is 2.03. The second-order valence-electron chi connectivity index (χ2n) is 3.29. The van der Waals surface area contributed by atoms with Gasteiger partial charge in [0.15, 0.2) is 0 Å². The van der Waals surface area contributed by atoms with Crippen LogP contribution in [0.1, 0.15) is 5.56 Å². The van der Waals surface area contributed by atoms with Crippen LogP contribution in [0.15, 0.2) is 30.6 Å². The van der Waals surface area contributed by atoms with Crippen molar-refractivity contribution in [2.45, 2.75) is 0 Å². The van der Waals surface area contributed by atoms with Crippen molar-refractivity contribution >= 4 is 34.8 Å². The van der Waals surface area contributed by atoms with Crippen LogP contribution in [0.2, 0.25) is 15.1 Å². The maximum atomic E-state index is 9.00. The van der Waals surface area contributed by atoms with Gasteiger partial charge in [-0.2, -0.15) is 5.26 Å². The van der Waals surface area contributed by atoms with Crippen LogP contribution in [-0.4, -0.2) is 4.98 Å². The largest absolute Gasteiger partial charge is 0.264 e. The number of benzene rings is 1. The van der Waals surface area contributed by atoms with Gasteiger partial charge in [0.2, 0.25) is 0 Å². The van der Waals surface area contributed by atoms with E-state index in [1.54, 1.807) is 30.6 Å². The molecule has 0 atom stereocenters. The lowest BCUT2D eigenvalue weighted by molar-refractivity contribution is 1.31. The van der Waals surface area contributed by atoms with Gasteiger partial charge in [-0.3, -0.25) is 4.98 Å². The van der Waals surface area contributed by atoms with E-state index in [0.29, 0.717) is 31.8 Å². The van der Waals surface area contributed by atoms with E-state index in [1.165, 1.54) is 0 Å². The minimum Gasteiger partial charge on any atom is -0.264 e. The Labute approximate surface area is 113 Å². The third kappa shape index (κ3) is 2.37. The normalized spacial score (nSPS) is 10.0. The minimum absolute atomic E-state index is 0.305. The average Bonchev–Trinajstić information content (AvgIpc) is 2.35. The summed E-state index contributed by atoms with van der Waals surface area (Å²) < 4.78 is 0. The van der Waals surface area contributed by atoms with Gasteiger partial charge in [0, 0.05) is 18.0 Å². The topological polar surface area (TPSA) is 36.7 Å². The Hall–Kier alpha value is -1.27. The Morgan fingerprint density at radius 1 is 1.12 bits per heavy atom. The number of halogens is 3. The van der Waals surface area contributed by atoms with Crippen molar-refractivity contribution in [3.8, 4) is 17.2 Å². The molecule has 0 unspecified atom stereocenters. The summed E-state index contributed by atoms with van der Waals surface area (Å²) >= 11 is 17.8. The Balaban J connectivity index is 2.66. The minimum atomic E-state index is 0.305. The predicted molar refractivity (Wildman–Crippen MR) is 69.4 cm³/mol. The molecule has 0 saturated carbocycles.